The van der Waals surface area contributed by atoms with Crippen LogP contribution in [0.15, 0.2) is 6.20 Å². The number of rotatable bonds is 4. The Labute approximate surface area is 129 Å². The Balaban J connectivity index is 1.61. The first-order valence-corrected chi connectivity index (χ1v) is 8.99. The number of hydrogen-bond acceptors (Lipinski definition) is 2. The van der Waals surface area contributed by atoms with Crippen LogP contribution in [-0.4, -0.2) is 34.7 Å². The normalized spacial score (nSPS) is 25.6. The van der Waals surface area contributed by atoms with Gasteiger partial charge in [0.2, 0.25) is 0 Å². The predicted molar refractivity (Wildman–Crippen MR) is 87.7 cm³/mol. The molecule has 2 heterocycles. The molecule has 0 bridgehead atoms. The molecule has 0 unspecified atom stereocenters. The Morgan fingerprint density at radius 3 is 2.76 bits per heavy atom. The minimum absolute atomic E-state index is 0.576. The Bertz CT molecular complexity index is 431. The van der Waals surface area contributed by atoms with Crippen LogP contribution in [0.1, 0.15) is 81.9 Å². The van der Waals surface area contributed by atoms with Crippen molar-refractivity contribution in [1.29, 1.82) is 0 Å². The molecule has 0 spiro atoms. The van der Waals surface area contributed by atoms with Gasteiger partial charge in [0.25, 0.3) is 0 Å². The largest absolute Gasteiger partial charge is 0.302 e. The monoisotopic (exact) mass is 289 g/mol. The molecule has 1 saturated heterocycles. The fourth-order valence-corrected chi connectivity index (χ4v) is 4.28. The highest BCUT2D eigenvalue weighted by molar-refractivity contribution is 5.24. The number of nitrogens with zero attached hydrogens (tertiary/aromatic N) is 2. The molecule has 1 atom stereocenters. The van der Waals surface area contributed by atoms with Crippen molar-refractivity contribution in [1.82, 2.24) is 15.1 Å². The fourth-order valence-electron chi connectivity index (χ4n) is 4.28. The van der Waals surface area contributed by atoms with Gasteiger partial charge in [-0.15, -0.1) is 0 Å². The lowest BCUT2D eigenvalue weighted by Gasteiger charge is -2.36. The average Bonchev–Trinajstić information content (AvgIpc) is 2.98. The smallest absolute Gasteiger partial charge is 0.0524 e. The topological polar surface area (TPSA) is 31.9 Å². The average molecular weight is 289 g/mol. The molecule has 118 valence electrons. The van der Waals surface area contributed by atoms with Gasteiger partial charge in [0, 0.05) is 24.7 Å². The molecule has 3 nitrogen and oxygen atoms in total. The molecule has 1 saturated carbocycles. The zero-order valence-corrected chi connectivity index (χ0v) is 13.8. The van der Waals surface area contributed by atoms with Gasteiger partial charge >= 0.3 is 0 Å². The van der Waals surface area contributed by atoms with Gasteiger partial charge in [-0.25, -0.2) is 0 Å². The van der Waals surface area contributed by atoms with Crippen molar-refractivity contribution in [2.24, 2.45) is 5.92 Å². The molecule has 1 aliphatic heterocycles. The van der Waals surface area contributed by atoms with Crippen molar-refractivity contribution in [3.05, 3.63) is 17.5 Å². The van der Waals surface area contributed by atoms with Crippen molar-refractivity contribution >= 4 is 0 Å². The van der Waals surface area contributed by atoms with Crippen molar-refractivity contribution in [3.8, 4) is 0 Å². The van der Waals surface area contributed by atoms with Crippen LogP contribution in [0, 0.1) is 5.92 Å². The van der Waals surface area contributed by atoms with E-state index in [2.05, 4.69) is 28.9 Å². The molecule has 21 heavy (non-hydrogen) atoms. The second-order valence-corrected chi connectivity index (χ2v) is 7.50. The van der Waals surface area contributed by atoms with E-state index in [9.17, 15) is 0 Å². The summed E-state index contributed by atoms with van der Waals surface area (Å²) in [4.78, 5) is 2.73. The van der Waals surface area contributed by atoms with E-state index in [1.807, 2.05) is 6.20 Å². The number of likely N-dealkylation sites (tertiary alicyclic amines) is 1. The summed E-state index contributed by atoms with van der Waals surface area (Å²) in [7, 11) is 0. The van der Waals surface area contributed by atoms with Crippen LogP contribution in [0.2, 0.25) is 0 Å². The van der Waals surface area contributed by atoms with Crippen molar-refractivity contribution in [3.63, 3.8) is 0 Å². The zero-order chi connectivity index (χ0) is 14.7. The highest BCUT2D eigenvalue weighted by Crippen LogP contribution is 2.32. The quantitative estimate of drug-likeness (QED) is 0.896. The summed E-state index contributed by atoms with van der Waals surface area (Å²) in [6.45, 7) is 8.42. The first kappa shape index (κ1) is 15.1. The summed E-state index contributed by atoms with van der Waals surface area (Å²) >= 11 is 0. The van der Waals surface area contributed by atoms with Gasteiger partial charge < -0.3 is 4.90 Å². The lowest BCUT2D eigenvalue weighted by molar-refractivity contribution is 0.159. The molecule has 0 radical (unpaired) electrons. The zero-order valence-electron chi connectivity index (χ0n) is 13.8. The van der Waals surface area contributed by atoms with Crippen LogP contribution < -0.4 is 0 Å². The lowest BCUT2D eigenvalue weighted by atomic mass is 9.86. The molecular formula is C18H31N3. The van der Waals surface area contributed by atoms with E-state index < -0.39 is 0 Å². The van der Waals surface area contributed by atoms with E-state index >= 15 is 0 Å². The first-order valence-electron chi connectivity index (χ1n) is 8.99. The second kappa shape index (κ2) is 6.95. The lowest BCUT2D eigenvalue weighted by Crippen LogP contribution is -2.38. The number of H-pyrrole nitrogens is 1. The summed E-state index contributed by atoms with van der Waals surface area (Å²) in [6, 6.07) is 0. The molecule has 1 aromatic rings. The summed E-state index contributed by atoms with van der Waals surface area (Å²) in [6.07, 6.45) is 12.0. The molecule has 1 aliphatic carbocycles. The van der Waals surface area contributed by atoms with Gasteiger partial charge in [0.05, 0.1) is 6.20 Å². The maximum absolute atomic E-state index is 4.32. The van der Waals surface area contributed by atoms with Crippen LogP contribution in [0.5, 0.6) is 0 Å². The Kier molecular flexibility index (Phi) is 4.99. The van der Waals surface area contributed by atoms with E-state index in [0.717, 1.165) is 5.92 Å². The van der Waals surface area contributed by atoms with Gasteiger partial charge in [-0.1, -0.05) is 33.1 Å². The highest BCUT2D eigenvalue weighted by Gasteiger charge is 2.27. The molecular weight excluding hydrogens is 258 g/mol. The Morgan fingerprint density at radius 2 is 2.00 bits per heavy atom. The number of hydrogen-bond donors (Lipinski definition) is 1. The summed E-state index contributed by atoms with van der Waals surface area (Å²) in [5.41, 5.74) is 2.85. The minimum Gasteiger partial charge on any atom is -0.302 e. The van der Waals surface area contributed by atoms with Crippen LogP contribution in [-0.2, 0) is 0 Å². The van der Waals surface area contributed by atoms with E-state index in [1.165, 1.54) is 75.8 Å². The van der Waals surface area contributed by atoms with E-state index in [4.69, 9.17) is 0 Å². The number of aromatic amines is 1. The third kappa shape index (κ3) is 3.68. The second-order valence-electron chi connectivity index (χ2n) is 7.50. The SMILES string of the molecule is CC(C)c1cn[nH]c1[C@@H]1CCCN(CC2CCCCC2)C1. The van der Waals surface area contributed by atoms with Gasteiger partial charge in [-0.05, 0) is 49.6 Å². The van der Waals surface area contributed by atoms with Crippen molar-refractivity contribution in [2.75, 3.05) is 19.6 Å². The highest BCUT2D eigenvalue weighted by atomic mass is 15.2. The molecule has 1 aromatic heterocycles. The molecule has 3 rings (SSSR count). The molecule has 1 N–H and O–H groups in total. The number of nitrogens with one attached hydrogen (secondary N) is 1. The first-order chi connectivity index (χ1) is 10.2. The summed E-state index contributed by atoms with van der Waals surface area (Å²) < 4.78 is 0. The maximum atomic E-state index is 4.32. The third-order valence-corrected chi connectivity index (χ3v) is 5.48. The molecule has 2 aliphatic rings. The minimum atomic E-state index is 0.576. The predicted octanol–water partition coefficient (Wildman–Crippen LogP) is 4.29. The Morgan fingerprint density at radius 1 is 1.19 bits per heavy atom. The fraction of sp³-hybridized carbons (Fsp3) is 0.833. The molecule has 2 fully saturated rings. The van der Waals surface area contributed by atoms with Gasteiger partial charge in [-0.3, -0.25) is 5.10 Å². The van der Waals surface area contributed by atoms with Crippen LogP contribution in [0.3, 0.4) is 0 Å². The van der Waals surface area contributed by atoms with Crippen LogP contribution in [0.4, 0.5) is 0 Å². The summed E-state index contributed by atoms with van der Waals surface area (Å²) in [5, 5.41) is 7.62. The van der Waals surface area contributed by atoms with Gasteiger partial charge in [-0.2, -0.15) is 5.10 Å². The van der Waals surface area contributed by atoms with Crippen LogP contribution in [0.25, 0.3) is 0 Å². The third-order valence-electron chi connectivity index (χ3n) is 5.48. The molecule has 0 aromatic carbocycles. The molecule has 0 amide bonds. The standard InChI is InChI=1S/C18H31N3/c1-14(2)17-11-19-20-18(17)16-9-6-10-21(13-16)12-15-7-4-3-5-8-15/h11,14-16H,3-10,12-13H2,1-2H3,(H,19,20)/t16-/m1/s1. The molecule has 3 heteroatoms. The number of aromatic nitrogens is 2. The maximum Gasteiger partial charge on any atom is 0.0524 e. The van der Waals surface area contributed by atoms with Gasteiger partial charge in [0.1, 0.15) is 0 Å². The van der Waals surface area contributed by atoms with Gasteiger partial charge in [0.15, 0.2) is 0 Å². The number of piperidine rings is 1. The Hall–Kier alpha value is -0.830. The van der Waals surface area contributed by atoms with Crippen LogP contribution >= 0.6 is 0 Å². The van der Waals surface area contributed by atoms with Crippen molar-refractivity contribution in [2.45, 2.75) is 70.6 Å². The van der Waals surface area contributed by atoms with Crippen molar-refractivity contribution < 1.29 is 0 Å². The summed E-state index contributed by atoms with van der Waals surface area (Å²) in [5.74, 6) is 2.21. The van der Waals surface area contributed by atoms with E-state index in [0.29, 0.717) is 11.8 Å². The van der Waals surface area contributed by atoms with E-state index in [1.54, 1.807) is 0 Å². The van der Waals surface area contributed by atoms with E-state index in [-0.39, 0.29) is 0 Å².